The highest BCUT2D eigenvalue weighted by atomic mass is 16.5. The maximum absolute atomic E-state index is 11.6. The summed E-state index contributed by atoms with van der Waals surface area (Å²) in [7, 11) is 1.37. The van der Waals surface area contributed by atoms with Crippen molar-refractivity contribution in [2.24, 2.45) is 0 Å². The van der Waals surface area contributed by atoms with Gasteiger partial charge < -0.3 is 19.9 Å². The van der Waals surface area contributed by atoms with Gasteiger partial charge >= 0.3 is 5.97 Å². The van der Waals surface area contributed by atoms with E-state index in [-0.39, 0.29) is 18.9 Å². The number of hydrogen-bond donors (Lipinski definition) is 2. The molecule has 0 aromatic heterocycles. The Morgan fingerprint density at radius 2 is 2.00 bits per heavy atom. The number of carbonyl (C=O) groups excluding carboxylic acids is 1. The number of carboxylic acids is 1. The fraction of sp³-hybridized carbons (Fsp3) is 0.500. The number of carboxylic acid groups (broad SMARTS) is 1. The van der Waals surface area contributed by atoms with Gasteiger partial charge in [-0.1, -0.05) is 12.1 Å². The first-order chi connectivity index (χ1) is 10.6. The maximum Gasteiger partial charge on any atom is 0.333 e. The second kappa shape index (κ2) is 7.79. The molecule has 1 aliphatic rings. The Kier molecular flexibility index (Phi) is 5.77. The lowest BCUT2D eigenvalue weighted by molar-refractivity contribution is -0.148. The lowest BCUT2D eigenvalue weighted by Gasteiger charge is -2.26. The minimum atomic E-state index is -0.990. The second-order valence-electron chi connectivity index (χ2n) is 5.39. The zero-order valence-electron chi connectivity index (χ0n) is 12.6. The lowest BCUT2D eigenvalue weighted by Crippen LogP contribution is -2.41. The Morgan fingerprint density at radius 3 is 2.50 bits per heavy atom. The van der Waals surface area contributed by atoms with E-state index in [0.717, 1.165) is 18.4 Å². The Bertz CT molecular complexity index is 510. The van der Waals surface area contributed by atoms with Gasteiger partial charge in [-0.2, -0.15) is 0 Å². The van der Waals surface area contributed by atoms with Gasteiger partial charge in [-0.25, -0.2) is 4.79 Å². The van der Waals surface area contributed by atoms with Crippen LogP contribution in [0.15, 0.2) is 24.3 Å². The van der Waals surface area contributed by atoms with Crippen molar-refractivity contribution in [2.75, 3.05) is 13.7 Å². The molecule has 1 saturated carbocycles. The van der Waals surface area contributed by atoms with Gasteiger partial charge in [0.1, 0.15) is 5.75 Å². The predicted molar refractivity (Wildman–Crippen MR) is 79.9 cm³/mol. The number of ether oxygens (including phenoxy) is 2. The molecule has 0 bridgehead atoms. The van der Waals surface area contributed by atoms with Crippen LogP contribution in [0.1, 0.15) is 24.8 Å². The van der Waals surface area contributed by atoms with Crippen LogP contribution in [-0.2, 0) is 20.7 Å². The van der Waals surface area contributed by atoms with Crippen LogP contribution < -0.4 is 10.1 Å². The second-order valence-corrected chi connectivity index (χ2v) is 5.39. The molecular weight excluding hydrogens is 286 g/mol. The largest absolute Gasteiger partial charge is 0.484 e. The number of nitrogens with one attached hydrogen (secondary N) is 1. The van der Waals surface area contributed by atoms with Gasteiger partial charge in [-0.3, -0.25) is 4.79 Å². The van der Waals surface area contributed by atoms with Crippen LogP contribution in [0.4, 0.5) is 0 Å². The van der Waals surface area contributed by atoms with Crippen molar-refractivity contribution < 1.29 is 24.2 Å². The van der Waals surface area contributed by atoms with E-state index in [1.165, 1.54) is 13.5 Å². The number of methoxy groups -OCH3 is 1. The number of carbonyl (C=O) groups is 2. The van der Waals surface area contributed by atoms with Gasteiger partial charge in [0.05, 0.1) is 0 Å². The van der Waals surface area contributed by atoms with Crippen LogP contribution >= 0.6 is 0 Å². The summed E-state index contributed by atoms with van der Waals surface area (Å²) in [6.07, 6.45) is 2.69. The van der Waals surface area contributed by atoms with Crippen LogP contribution in [-0.4, -0.2) is 42.8 Å². The van der Waals surface area contributed by atoms with Crippen LogP contribution in [0.2, 0.25) is 0 Å². The van der Waals surface area contributed by atoms with Gasteiger partial charge in [0.25, 0.3) is 5.91 Å². The zero-order chi connectivity index (χ0) is 15.9. The van der Waals surface area contributed by atoms with Gasteiger partial charge in [-0.05, 0) is 37.0 Å². The number of hydrogen-bond acceptors (Lipinski definition) is 4. The molecule has 2 N–H and O–H groups in total. The molecule has 1 amide bonds. The molecule has 0 heterocycles. The molecule has 1 unspecified atom stereocenters. The summed E-state index contributed by atoms with van der Waals surface area (Å²) in [6.45, 7) is -0.00827. The van der Waals surface area contributed by atoms with Gasteiger partial charge in [0.15, 0.2) is 12.7 Å². The monoisotopic (exact) mass is 307 g/mol. The molecule has 120 valence electrons. The van der Waals surface area contributed by atoms with Crippen molar-refractivity contribution in [1.29, 1.82) is 0 Å². The van der Waals surface area contributed by atoms with E-state index in [1.807, 2.05) is 0 Å². The summed E-state index contributed by atoms with van der Waals surface area (Å²) in [4.78, 5) is 22.5. The number of benzene rings is 1. The van der Waals surface area contributed by atoms with Crippen LogP contribution in [0, 0.1) is 0 Å². The van der Waals surface area contributed by atoms with Gasteiger partial charge in [0, 0.05) is 19.6 Å². The fourth-order valence-corrected chi connectivity index (χ4v) is 2.18. The fourth-order valence-electron chi connectivity index (χ4n) is 2.18. The highest BCUT2D eigenvalue weighted by Crippen LogP contribution is 2.18. The molecule has 0 saturated heterocycles. The van der Waals surface area contributed by atoms with E-state index in [0.29, 0.717) is 11.8 Å². The molecule has 6 nitrogen and oxygen atoms in total. The Morgan fingerprint density at radius 1 is 1.32 bits per heavy atom. The molecule has 0 radical (unpaired) electrons. The first-order valence-corrected chi connectivity index (χ1v) is 7.35. The predicted octanol–water partition coefficient (Wildman–Crippen LogP) is 1.38. The molecule has 1 aromatic carbocycles. The average Bonchev–Trinajstić information content (AvgIpc) is 2.47. The molecule has 2 rings (SSSR count). The highest BCUT2D eigenvalue weighted by molar-refractivity contribution is 5.78. The third-order valence-electron chi connectivity index (χ3n) is 3.74. The molecule has 22 heavy (non-hydrogen) atoms. The standard InChI is InChI=1S/C16H21NO5/c1-21-14(16(19)20)9-11-5-7-13(8-6-11)22-10-15(18)17-12-3-2-4-12/h5-8,12,14H,2-4,9-10H2,1H3,(H,17,18)(H,19,20). The Labute approximate surface area is 129 Å². The van der Waals surface area contributed by atoms with Crippen molar-refractivity contribution in [3.8, 4) is 5.75 Å². The zero-order valence-corrected chi connectivity index (χ0v) is 12.6. The molecule has 1 aliphatic carbocycles. The van der Waals surface area contributed by atoms with Crippen molar-refractivity contribution in [2.45, 2.75) is 37.8 Å². The van der Waals surface area contributed by atoms with Crippen molar-refractivity contribution in [3.63, 3.8) is 0 Å². The van der Waals surface area contributed by atoms with Crippen molar-refractivity contribution in [1.82, 2.24) is 5.32 Å². The van der Waals surface area contributed by atoms with E-state index < -0.39 is 12.1 Å². The van der Waals surface area contributed by atoms with Gasteiger partial charge in [-0.15, -0.1) is 0 Å². The quantitative estimate of drug-likeness (QED) is 0.758. The molecular formula is C16H21NO5. The lowest BCUT2D eigenvalue weighted by atomic mass is 9.93. The smallest absolute Gasteiger partial charge is 0.333 e. The molecule has 0 spiro atoms. The maximum atomic E-state index is 11.6. The van der Waals surface area contributed by atoms with Gasteiger partial charge in [0.2, 0.25) is 0 Å². The third-order valence-corrected chi connectivity index (χ3v) is 3.74. The van der Waals surface area contributed by atoms with Crippen molar-refractivity contribution in [3.05, 3.63) is 29.8 Å². The van der Waals surface area contributed by atoms with E-state index in [1.54, 1.807) is 24.3 Å². The number of amides is 1. The summed E-state index contributed by atoms with van der Waals surface area (Å²) < 4.78 is 10.3. The molecule has 6 heteroatoms. The van der Waals surface area contributed by atoms with E-state index in [2.05, 4.69) is 5.32 Å². The molecule has 1 aromatic rings. The Balaban J connectivity index is 1.78. The van der Waals surface area contributed by atoms with Crippen LogP contribution in [0.3, 0.4) is 0 Å². The summed E-state index contributed by atoms with van der Waals surface area (Å²) in [5.41, 5.74) is 0.834. The molecule has 1 fully saturated rings. The summed E-state index contributed by atoms with van der Waals surface area (Å²) in [5, 5.41) is 11.8. The molecule has 1 atom stereocenters. The summed E-state index contributed by atoms with van der Waals surface area (Å²) in [6, 6.07) is 7.30. The van der Waals surface area contributed by atoms with Crippen LogP contribution in [0.5, 0.6) is 5.75 Å². The first-order valence-electron chi connectivity index (χ1n) is 7.35. The van der Waals surface area contributed by atoms with E-state index >= 15 is 0 Å². The molecule has 0 aliphatic heterocycles. The minimum absolute atomic E-state index is 0.00827. The SMILES string of the molecule is COC(Cc1ccc(OCC(=O)NC2CCC2)cc1)C(=O)O. The first kappa shape index (κ1) is 16.3. The minimum Gasteiger partial charge on any atom is -0.484 e. The van der Waals surface area contributed by atoms with E-state index in [4.69, 9.17) is 14.6 Å². The summed E-state index contributed by atoms with van der Waals surface area (Å²) in [5.74, 6) is -0.522. The number of rotatable bonds is 8. The number of aliphatic carboxylic acids is 1. The average molecular weight is 307 g/mol. The highest BCUT2D eigenvalue weighted by Gasteiger charge is 2.19. The van der Waals surface area contributed by atoms with Crippen LogP contribution in [0.25, 0.3) is 0 Å². The Hall–Kier alpha value is -2.08. The third kappa shape index (κ3) is 4.73. The normalized spacial score (nSPS) is 15.7. The summed E-state index contributed by atoms with van der Waals surface area (Å²) >= 11 is 0. The topological polar surface area (TPSA) is 84.9 Å². The van der Waals surface area contributed by atoms with E-state index in [9.17, 15) is 9.59 Å². The van der Waals surface area contributed by atoms with Crippen molar-refractivity contribution >= 4 is 11.9 Å².